The van der Waals surface area contributed by atoms with Gasteiger partial charge in [-0.25, -0.2) is 9.18 Å². The molecule has 0 fully saturated rings. The molecule has 1 aromatic heterocycles. The second kappa shape index (κ2) is 7.19. The minimum absolute atomic E-state index is 0.128. The van der Waals surface area contributed by atoms with Gasteiger partial charge in [-0.15, -0.1) is 0 Å². The third-order valence-electron chi connectivity index (χ3n) is 4.26. The quantitative estimate of drug-likeness (QED) is 0.410. The Morgan fingerprint density at radius 2 is 1.71 bits per heavy atom. The summed E-state index contributed by atoms with van der Waals surface area (Å²) in [6.07, 6.45) is 1.61. The third-order valence-corrected chi connectivity index (χ3v) is 4.86. The molecule has 0 saturated carbocycles. The van der Waals surface area contributed by atoms with Gasteiger partial charge in [-0.1, -0.05) is 41.4 Å². The number of ether oxygens (including phenoxy) is 1. The molecule has 0 unspecified atom stereocenters. The largest absolute Gasteiger partial charge is 0.478 e. The van der Waals surface area contributed by atoms with E-state index in [1.807, 2.05) is 18.2 Å². The van der Waals surface area contributed by atoms with Gasteiger partial charge in [0, 0.05) is 5.39 Å². The van der Waals surface area contributed by atoms with Crippen molar-refractivity contribution < 1.29 is 19.0 Å². The number of hydrogen-bond donors (Lipinski definition) is 1. The maximum atomic E-state index is 14.6. The van der Waals surface area contributed by atoms with E-state index in [0.717, 1.165) is 11.5 Å². The molecule has 0 atom stereocenters. The van der Waals surface area contributed by atoms with Crippen LogP contribution in [0, 0.1) is 5.82 Å². The van der Waals surface area contributed by atoms with Gasteiger partial charge in [0.2, 0.25) is 0 Å². The highest BCUT2D eigenvalue weighted by Gasteiger charge is 2.17. The molecular weight excluding hydrogens is 404 g/mol. The van der Waals surface area contributed by atoms with E-state index in [4.69, 9.17) is 33.0 Å². The fourth-order valence-electron chi connectivity index (χ4n) is 2.95. The van der Waals surface area contributed by atoms with Gasteiger partial charge >= 0.3 is 5.97 Å². The Labute approximate surface area is 169 Å². The average Bonchev–Trinajstić information content (AvgIpc) is 3.03. The van der Waals surface area contributed by atoms with Crippen molar-refractivity contribution in [1.29, 1.82) is 0 Å². The lowest BCUT2D eigenvalue weighted by Crippen LogP contribution is -2.01. The summed E-state index contributed by atoms with van der Waals surface area (Å²) in [4.78, 5) is 11.1. The zero-order chi connectivity index (χ0) is 19.8. The molecule has 7 heteroatoms. The Balaban J connectivity index is 1.87. The van der Waals surface area contributed by atoms with E-state index in [1.54, 1.807) is 35.0 Å². The van der Waals surface area contributed by atoms with Gasteiger partial charge in [0.05, 0.1) is 33.0 Å². The summed E-state index contributed by atoms with van der Waals surface area (Å²) >= 11 is 12.4. The lowest BCUT2D eigenvalue weighted by atomic mass is 10.2. The van der Waals surface area contributed by atoms with Crippen LogP contribution in [0.5, 0.6) is 11.5 Å². The summed E-state index contributed by atoms with van der Waals surface area (Å²) in [7, 11) is 0. The number of halogens is 3. The van der Waals surface area contributed by atoms with E-state index < -0.39 is 11.8 Å². The Morgan fingerprint density at radius 1 is 1.00 bits per heavy atom. The molecule has 3 aromatic carbocycles. The van der Waals surface area contributed by atoms with Gasteiger partial charge in [-0.3, -0.25) is 0 Å². The fraction of sp³-hybridized carbons (Fsp3) is 0. The normalized spacial score (nSPS) is 11.0. The molecule has 0 radical (unpaired) electrons. The molecule has 0 bridgehead atoms. The molecule has 1 heterocycles. The first-order chi connectivity index (χ1) is 13.5. The maximum Gasteiger partial charge on any atom is 0.335 e. The number of hydrogen-bond acceptors (Lipinski definition) is 2. The number of aromatic nitrogens is 1. The van der Waals surface area contributed by atoms with Crippen molar-refractivity contribution in [2.75, 3.05) is 0 Å². The van der Waals surface area contributed by atoms with E-state index >= 15 is 0 Å². The van der Waals surface area contributed by atoms with Crippen LogP contribution in [0.4, 0.5) is 4.39 Å². The van der Waals surface area contributed by atoms with Crippen LogP contribution in [-0.2, 0) is 0 Å². The molecular formula is C21H12Cl2FNO3. The number of nitrogens with zero attached hydrogens (tertiary/aromatic N) is 1. The minimum Gasteiger partial charge on any atom is -0.478 e. The number of carboxylic acids is 1. The summed E-state index contributed by atoms with van der Waals surface area (Å²) in [6, 6.07) is 16.1. The van der Waals surface area contributed by atoms with Gasteiger partial charge in [0.1, 0.15) is 5.82 Å². The highest BCUT2D eigenvalue weighted by Crippen LogP contribution is 2.40. The molecule has 0 aliphatic heterocycles. The Morgan fingerprint density at radius 3 is 2.39 bits per heavy atom. The van der Waals surface area contributed by atoms with E-state index in [2.05, 4.69) is 0 Å². The number of carbonyl (C=O) groups is 1. The van der Waals surface area contributed by atoms with Crippen LogP contribution in [0.15, 0.2) is 66.9 Å². The van der Waals surface area contributed by atoms with Crippen molar-refractivity contribution >= 4 is 40.1 Å². The second-order valence-corrected chi connectivity index (χ2v) is 6.82. The molecule has 140 valence electrons. The van der Waals surface area contributed by atoms with Crippen molar-refractivity contribution in [3.8, 4) is 17.2 Å². The summed E-state index contributed by atoms with van der Waals surface area (Å²) in [5.41, 5.74) is 0.751. The summed E-state index contributed by atoms with van der Waals surface area (Å²) in [5.74, 6) is -1.12. The molecule has 0 spiro atoms. The van der Waals surface area contributed by atoms with Gasteiger partial charge in [-0.2, -0.15) is 0 Å². The standard InChI is InChI=1S/C21H12Cl2FNO3/c22-14-5-3-6-15(23)20(14)28-19-11-25(17-7-2-1-4-13(17)19)18-9-8-12(21(26)27)10-16(18)24/h1-11H,(H,26,27). The predicted octanol–water partition coefficient (Wildman–Crippen LogP) is 6.57. The first-order valence-electron chi connectivity index (χ1n) is 8.21. The van der Waals surface area contributed by atoms with Gasteiger partial charge in [0.15, 0.2) is 11.5 Å². The fourth-order valence-corrected chi connectivity index (χ4v) is 3.43. The zero-order valence-electron chi connectivity index (χ0n) is 14.2. The van der Waals surface area contributed by atoms with Crippen LogP contribution >= 0.6 is 23.2 Å². The van der Waals surface area contributed by atoms with E-state index in [-0.39, 0.29) is 11.3 Å². The van der Waals surface area contributed by atoms with Crippen molar-refractivity contribution in [3.05, 3.63) is 88.3 Å². The lowest BCUT2D eigenvalue weighted by Gasteiger charge is -2.08. The summed E-state index contributed by atoms with van der Waals surface area (Å²) < 4.78 is 22.2. The van der Waals surface area contributed by atoms with Crippen LogP contribution in [0.1, 0.15) is 10.4 Å². The Hall–Kier alpha value is -3.02. The van der Waals surface area contributed by atoms with Crippen LogP contribution < -0.4 is 4.74 Å². The first-order valence-corrected chi connectivity index (χ1v) is 8.96. The lowest BCUT2D eigenvalue weighted by molar-refractivity contribution is 0.0696. The number of fused-ring (bicyclic) bond motifs is 1. The molecule has 0 amide bonds. The Kier molecular flexibility index (Phi) is 4.71. The highest BCUT2D eigenvalue weighted by atomic mass is 35.5. The average molecular weight is 416 g/mol. The molecule has 0 saturated heterocycles. The molecule has 4 rings (SSSR count). The van der Waals surface area contributed by atoms with Crippen LogP contribution in [0.2, 0.25) is 10.0 Å². The summed E-state index contributed by atoms with van der Waals surface area (Å²) in [5, 5.41) is 10.5. The molecule has 0 aliphatic rings. The highest BCUT2D eigenvalue weighted by molar-refractivity contribution is 6.37. The monoisotopic (exact) mass is 415 g/mol. The SMILES string of the molecule is O=C(O)c1ccc(-n2cc(Oc3c(Cl)cccc3Cl)c3ccccc32)c(F)c1. The van der Waals surface area contributed by atoms with Gasteiger partial charge < -0.3 is 14.4 Å². The number of rotatable bonds is 4. The topological polar surface area (TPSA) is 51.5 Å². The first kappa shape index (κ1) is 18.3. The molecule has 4 nitrogen and oxygen atoms in total. The minimum atomic E-state index is -1.19. The van der Waals surface area contributed by atoms with E-state index in [9.17, 15) is 9.18 Å². The maximum absolute atomic E-state index is 14.6. The smallest absolute Gasteiger partial charge is 0.335 e. The molecule has 28 heavy (non-hydrogen) atoms. The van der Waals surface area contributed by atoms with E-state index in [0.29, 0.717) is 27.1 Å². The predicted molar refractivity (Wildman–Crippen MR) is 107 cm³/mol. The van der Waals surface area contributed by atoms with Crippen LogP contribution in [0.3, 0.4) is 0 Å². The van der Waals surface area contributed by atoms with Crippen LogP contribution in [-0.4, -0.2) is 15.6 Å². The molecule has 1 N–H and O–H groups in total. The molecule has 0 aliphatic carbocycles. The van der Waals surface area contributed by atoms with Gasteiger partial charge in [0.25, 0.3) is 0 Å². The number of carboxylic acid groups (broad SMARTS) is 1. The van der Waals surface area contributed by atoms with Crippen molar-refractivity contribution in [2.45, 2.75) is 0 Å². The Bertz CT molecular complexity index is 1200. The van der Waals surface area contributed by atoms with Gasteiger partial charge in [-0.05, 0) is 42.5 Å². The number of aromatic carboxylic acids is 1. The van der Waals surface area contributed by atoms with Crippen molar-refractivity contribution in [2.24, 2.45) is 0 Å². The van der Waals surface area contributed by atoms with Crippen molar-refractivity contribution in [1.82, 2.24) is 4.57 Å². The molecule has 4 aromatic rings. The summed E-state index contributed by atoms with van der Waals surface area (Å²) in [6.45, 7) is 0. The number of para-hydroxylation sites is 2. The number of benzene rings is 3. The second-order valence-electron chi connectivity index (χ2n) is 6.00. The van der Waals surface area contributed by atoms with Crippen molar-refractivity contribution in [3.63, 3.8) is 0 Å². The third kappa shape index (κ3) is 3.19. The zero-order valence-corrected chi connectivity index (χ0v) is 15.7. The van der Waals surface area contributed by atoms with Crippen LogP contribution in [0.25, 0.3) is 16.6 Å². The van der Waals surface area contributed by atoms with E-state index in [1.165, 1.54) is 12.1 Å².